The normalized spacial score (nSPS) is 9.88. The summed E-state index contributed by atoms with van der Waals surface area (Å²) in [5.74, 6) is 0.916. The first kappa shape index (κ1) is 18.1. The number of nitrogens with one attached hydrogen (secondary N) is 2. The molecule has 0 unspecified atom stereocenters. The standard InChI is InChI=1S/C18H20N2O5/c1-23-14-6-4-5-12(9-14)18(22)19-11-17(21)20-13-7-8-15(24-2)16(10-13)25-3/h4-10H,11H2,1-3H3,(H,19,22)(H,20,21). The summed E-state index contributed by atoms with van der Waals surface area (Å²) in [6.45, 7) is -0.162. The van der Waals surface area contributed by atoms with Crippen LogP contribution in [-0.2, 0) is 4.79 Å². The second kappa shape index (κ2) is 8.58. The second-order valence-corrected chi connectivity index (χ2v) is 5.03. The van der Waals surface area contributed by atoms with Gasteiger partial charge in [-0.25, -0.2) is 0 Å². The molecule has 25 heavy (non-hydrogen) atoms. The Morgan fingerprint density at radius 3 is 2.36 bits per heavy atom. The zero-order valence-electron chi connectivity index (χ0n) is 14.3. The van der Waals surface area contributed by atoms with Crippen molar-refractivity contribution in [2.24, 2.45) is 0 Å². The predicted molar refractivity (Wildman–Crippen MR) is 93.5 cm³/mol. The van der Waals surface area contributed by atoms with Crippen molar-refractivity contribution in [2.45, 2.75) is 0 Å². The van der Waals surface area contributed by atoms with Crippen molar-refractivity contribution in [3.05, 3.63) is 48.0 Å². The van der Waals surface area contributed by atoms with Crippen molar-refractivity contribution in [1.82, 2.24) is 5.32 Å². The molecule has 2 aromatic carbocycles. The van der Waals surface area contributed by atoms with E-state index in [1.165, 1.54) is 21.3 Å². The van der Waals surface area contributed by atoms with Crippen LogP contribution in [0, 0.1) is 0 Å². The van der Waals surface area contributed by atoms with Gasteiger partial charge in [-0.05, 0) is 30.3 Å². The third-order valence-electron chi connectivity index (χ3n) is 3.41. The molecule has 0 aliphatic heterocycles. The maximum atomic E-state index is 12.1. The first-order valence-corrected chi connectivity index (χ1v) is 7.51. The Morgan fingerprint density at radius 1 is 0.920 bits per heavy atom. The molecule has 0 atom stereocenters. The van der Waals surface area contributed by atoms with E-state index in [2.05, 4.69) is 10.6 Å². The second-order valence-electron chi connectivity index (χ2n) is 5.03. The summed E-state index contributed by atoms with van der Waals surface area (Å²) in [5, 5.41) is 5.24. The van der Waals surface area contributed by atoms with Crippen LogP contribution in [0.4, 0.5) is 5.69 Å². The van der Waals surface area contributed by atoms with Crippen LogP contribution in [0.2, 0.25) is 0 Å². The third-order valence-corrected chi connectivity index (χ3v) is 3.41. The topological polar surface area (TPSA) is 85.9 Å². The van der Waals surface area contributed by atoms with Crippen LogP contribution in [0.3, 0.4) is 0 Å². The molecule has 0 aromatic heterocycles. The minimum atomic E-state index is -0.360. The average molecular weight is 344 g/mol. The highest BCUT2D eigenvalue weighted by molar-refractivity contribution is 5.99. The van der Waals surface area contributed by atoms with Crippen LogP contribution in [0.25, 0.3) is 0 Å². The molecule has 0 radical (unpaired) electrons. The van der Waals surface area contributed by atoms with Crippen molar-refractivity contribution in [2.75, 3.05) is 33.2 Å². The highest BCUT2D eigenvalue weighted by atomic mass is 16.5. The van der Waals surface area contributed by atoms with Gasteiger partial charge in [0.15, 0.2) is 11.5 Å². The first-order chi connectivity index (χ1) is 12.1. The minimum absolute atomic E-state index is 0.162. The largest absolute Gasteiger partial charge is 0.497 e. The summed E-state index contributed by atoms with van der Waals surface area (Å²) in [6, 6.07) is 11.7. The highest BCUT2D eigenvalue weighted by Crippen LogP contribution is 2.29. The molecule has 0 bridgehead atoms. The van der Waals surface area contributed by atoms with E-state index in [1.54, 1.807) is 42.5 Å². The van der Waals surface area contributed by atoms with E-state index in [-0.39, 0.29) is 18.4 Å². The molecular formula is C18H20N2O5. The molecule has 7 nitrogen and oxygen atoms in total. The number of benzene rings is 2. The molecule has 7 heteroatoms. The van der Waals surface area contributed by atoms with E-state index in [0.717, 1.165) is 0 Å². The predicted octanol–water partition coefficient (Wildman–Crippen LogP) is 2.08. The summed E-state index contributed by atoms with van der Waals surface area (Å²) in [5.41, 5.74) is 0.955. The molecule has 2 aromatic rings. The molecule has 0 heterocycles. The molecule has 0 saturated carbocycles. The molecule has 0 aliphatic rings. The Bertz CT molecular complexity index is 761. The molecule has 0 spiro atoms. The molecule has 2 amide bonds. The zero-order valence-corrected chi connectivity index (χ0v) is 14.3. The van der Waals surface area contributed by atoms with Crippen LogP contribution < -0.4 is 24.8 Å². The Morgan fingerprint density at radius 2 is 1.68 bits per heavy atom. The lowest BCUT2D eigenvalue weighted by Crippen LogP contribution is -2.32. The zero-order chi connectivity index (χ0) is 18.2. The number of carbonyl (C=O) groups excluding carboxylic acids is 2. The Kier molecular flexibility index (Phi) is 6.22. The lowest BCUT2D eigenvalue weighted by molar-refractivity contribution is -0.115. The first-order valence-electron chi connectivity index (χ1n) is 7.51. The number of rotatable bonds is 7. The van der Waals surface area contributed by atoms with Gasteiger partial charge in [-0.2, -0.15) is 0 Å². The number of ether oxygens (including phenoxy) is 3. The van der Waals surface area contributed by atoms with E-state index in [9.17, 15) is 9.59 Å². The van der Waals surface area contributed by atoms with E-state index in [4.69, 9.17) is 14.2 Å². The van der Waals surface area contributed by atoms with Gasteiger partial charge < -0.3 is 24.8 Å². The van der Waals surface area contributed by atoms with E-state index in [1.807, 2.05) is 0 Å². The van der Waals surface area contributed by atoms with Crippen molar-refractivity contribution in [3.63, 3.8) is 0 Å². The van der Waals surface area contributed by atoms with Crippen molar-refractivity contribution in [3.8, 4) is 17.2 Å². The summed E-state index contributed by atoms with van der Waals surface area (Å²) < 4.78 is 15.4. The molecule has 132 valence electrons. The van der Waals surface area contributed by atoms with Gasteiger partial charge in [-0.15, -0.1) is 0 Å². The summed E-state index contributed by atoms with van der Waals surface area (Å²) in [7, 11) is 4.57. The van der Waals surface area contributed by atoms with Gasteiger partial charge in [-0.3, -0.25) is 9.59 Å². The molecule has 0 aliphatic carbocycles. The smallest absolute Gasteiger partial charge is 0.251 e. The highest BCUT2D eigenvalue weighted by Gasteiger charge is 2.10. The van der Waals surface area contributed by atoms with Crippen molar-refractivity contribution >= 4 is 17.5 Å². The maximum Gasteiger partial charge on any atom is 0.251 e. The molecular weight excluding hydrogens is 324 g/mol. The number of hydrogen-bond acceptors (Lipinski definition) is 5. The van der Waals surface area contributed by atoms with Gasteiger partial charge >= 0.3 is 0 Å². The van der Waals surface area contributed by atoms with Gasteiger partial charge in [-0.1, -0.05) is 6.07 Å². The average Bonchev–Trinajstić information content (AvgIpc) is 2.65. The lowest BCUT2D eigenvalue weighted by Gasteiger charge is -2.11. The van der Waals surface area contributed by atoms with Gasteiger partial charge in [0.2, 0.25) is 5.91 Å². The molecule has 2 rings (SSSR count). The fraction of sp³-hybridized carbons (Fsp3) is 0.222. The van der Waals surface area contributed by atoms with Crippen molar-refractivity contribution < 1.29 is 23.8 Å². The number of anilines is 1. The number of hydrogen-bond donors (Lipinski definition) is 2. The van der Waals surface area contributed by atoms with Crippen molar-refractivity contribution in [1.29, 1.82) is 0 Å². The summed E-state index contributed by atoms with van der Waals surface area (Å²) >= 11 is 0. The fourth-order valence-electron chi connectivity index (χ4n) is 2.15. The monoisotopic (exact) mass is 344 g/mol. The van der Waals surface area contributed by atoms with E-state index < -0.39 is 0 Å². The van der Waals surface area contributed by atoms with Gasteiger partial charge in [0.05, 0.1) is 27.9 Å². The fourth-order valence-corrected chi connectivity index (χ4v) is 2.15. The molecule has 0 fully saturated rings. The Balaban J connectivity index is 1.93. The van der Waals surface area contributed by atoms with Gasteiger partial charge in [0.25, 0.3) is 5.91 Å². The molecule has 0 saturated heterocycles. The maximum absolute atomic E-state index is 12.1. The Hall–Kier alpha value is -3.22. The van der Waals surface area contributed by atoms with Crippen LogP contribution in [0.5, 0.6) is 17.2 Å². The number of carbonyl (C=O) groups is 2. The minimum Gasteiger partial charge on any atom is -0.497 e. The van der Waals surface area contributed by atoms with Crippen LogP contribution in [0.15, 0.2) is 42.5 Å². The SMILES string of the molecule is COc1cccc(C(=O)NCC(=O)Nc2ccc(OC)c(OC)c2)c1. The quantitative estimate of drug-likeness (QED) is 0.803. The summed E-state index contributed by atoms with van der Waals surface area (Å²) in [6.07, 6.45) is 0. The lowest BCUT2D eigenvalue weighted by atomic mass is 10.2. The number of methoxy groups -OCH3 is 3. The van der Waals surface area contributed by atoms with Crippen LogP contribution in [0.1, 0.15) is 10.4 Å². The van der Waals surface area contributed by atoms with Crippen LogP contribution in [-0.4, -0.2) is 39.7 Å². The van der Waals surface area contributed by atoms with Gasteiger partial charge in [0, 0.05) is 17.3 Å². The van der Waals surface area contributed by atoms with E-state index in [0.29, 0.717) is 28.5 Å². The number of amides is 2. The molecule has 2 N–H and O–H groups in total. The van der Waals surface area contributed by atoms with Crippen LogP contribution >= 0.6 is 0 Å². The summed E-state index contributed by atoms with van der Waals surface area (Å²) in [4.78, 5) is 24.1. The van der Waals surface area contributed by atoms with E-state index >= 15 is 0 Å². The van der Waals surface area contributed by atoms with Gasteiger partial charge in [0.1, 0.15) is 5.75 Å². The third kappa shape index (κ3) is 4.87. The Labute approximate surface area is 145 Å².